The minimum atomic E-state index is -0.368. The predicted octanol–water partition coefficient (Wildman–Crippen LogP) is 4.71. The first kappa shape index (κ1) is 15.3. The van der Waals surface area contributed by atoms with E-state index in [4.69, 9.17) is 22.1 Å². The molecular formula is C15H14BrClFNO. The number of halogens is 3. The molecule has 0 bridgehead atoms. The van der Waals surface area contributed by atoms with Gasteiger partial charge in [0.1, 0.15) is 17.7 Å². The van der Waals surface area contributed by atoms with Crippen molar-refractivity contribution in [3.8, 4) is 5.75 Å². The molecule has 2 atom stereocenters. The molecule has 5 heteroatoms. The van der Waals surface area contributed by atoms with Crippen molar-refractivity contribution in [1.29, 1.82) is 0 Å². The molecular weight excluding hydrogens is 345 g/mol. The molecule has 0 aliphatic carbocycles. The van der Waals surface area contributed by atoms with Gasteiger partial charge >= 0.3 is 0 Å². The lowest BCUT2D eigenvalue weighted by Crippen LogP contribution is -2.29. The quantitative estimate of drug-likeness (QED) is 0.859. The summed E-state index contributed by atoms with van der Waals surface area (Å²) < 4.78 is 19.7. The van der Waals surface area contributed by atoms with Crippen LogP contribution in [0.5, 0.6) is 5.75 Å². The maximum absolute atomic E-state index is 13.0. The minimum absolute atomic E-state index is 0.247. The van der Waals surface area contributed by atoms with Crippen LogP contribution in [0.25, 0.3) is 0 Å². The SMILES string of the molecule is CC(N)C(Oc1ccc(Cl)cc1Br)c1ccc(F)cc1. The van der Waals surface area contributed by atoms with Gasteiger partial charge in [-0.25, -0.2) is 4.39 Å². The summed E-state index contributed by atoms with van der Waals surface area (Å²) in [6.07, 6.45) is -0.368. The van der Waals surface area contributed by atoms with Gasteiger partial charge in [0.05, 0.1) is 4.47 Å². The zero-order valence-corrected chi connectivity index (χ0v) is 13.2. The third-order valence-corrected chi connectivity index (χ3v) is 3.68. The predicted molar refractivity (Wildman–Crippen MR) is 82.6 cm³/mol. The van der Waals surface area contributed by atoms with Crippen LogP contribution in [0.3, 0.4) is 0 Å². The third-order valence-electron chi connectivity index (χ3n) is 2.82. The van der Waals surface area contributed by atoms with E-state index in [0.29, 0.717) is 10.8 Å². The second-order valence-electron chi connectivity index (χ2n) is 4.52. The fraction of sp³-hybridized carbons (Fsp3) is 0.200. The van der Waals surface area contributed by atoms with Crippen LogP contribution in [-0.4, -0.2) is 6.04 Å². The largest absolute Gasteiger partial charge is 0.483 e. The Hall–Kier alpha value is -1.10. The van der Waals surface area contributed by atoms with Gasteiger partial charge in [0.25, 0.3) is 0 Å². The fourth-order valence-corrected chi connectivity index (χ4v) is 2.62. The number of rotatable bonds is 4. The molecule has 0 saturated carbocycles. The summed E-state index contributed by atoms with van der Waals surface area (Å²) in [5, 5.41) is 0.614. The Labute approximate surface area is 130 Å². The van der Waals surface area contributed by atoms with Crippen LogP contribution in [0, 0.1) is 5.82 Å². The third kappa shape index (κ3) is 3.72. The van der Waals surface area contributed by atoms with E-state index in [9.17, 15) is 4.39 Å². The summed E-state index contributed by atoms with van der Waals surface area (Å²) >= 11 is 9.30. The lowest BCUT2D eigenvalue weighted by Gasteiger charge is -2.23. The summed E-state index contributed by atoms with van der Waals surface area (Å²) in [7, 11) is 0. The maximum Gasteiger partial charge on any atom is 0.139 e. The topological polar surface area (TPSA) is 35.2 Å². The molecule has 2 nitrogen and oxygen atoms in total. The first-order valence-corrected chi connectivity index (χ1v) is 7.27. The summed E-state index contributed by atoms with van der Waals surface area (Å²) in [5.41, 5.74) is 6.80. The molecule has 2 aromatic rings. The number of hydrogen-bond acceptors (Lipinski definition) is 2. The second kappa shape index (κ2) is 6.57. The Morgan fingerprint density at radius 3 is 2.40 bits per heavy atom. The van der Waals surface area contributed by atoms with Gasteiger partial charge in [-0.1, -0.05) is 23.7 Å². The second-order valence-corrected chi connectivity index (χ2v) is 5.81. The molecule has 2 aromatic carbocycles. The molecule has 20 heavy (non-hydrogen) atoms. The molecule has 0 aliphatic rings. The van der Waals surface area contributed by atoms with E-state index in [2.05, 4.69) is 15.9 Å². The highest BCUT2D eigenvalue weighted by Crippen LogP contribution is 2.32. The molecule has 0 amide bonds. The lowest BCUT2D eigenvalue weighted by atomic mass is 10.0. The van der Waals surface area contributed by atoms with Crippen LogP contribution >= 0.6 is 27.5 Å². The molecule has 0 heterocycles. The fourth-order valence-electron chi connectivity index (χ4n) is 1.84. The normalized spacial score (nSPS) is 13.8. The van der Waals surface area contributed by atoms with Gasteiger partial charge in [-0.05, 0) is 58.7 Å². The molecule has 0 radical (unpaired) electrons. The smallest absolute Gasteiger partial charge is 0.139 e. The zero-order chi connectivity index (χ0) is 14.7. The number of nitrogens with two attached hydrogens (primary N) is 1. The van der Waals surface area contributed by atoms with E-state index in [1.807, 2.05) is 6.92 Å². The highest BCUT2D eigenvalue weighted by atomic mass is 79.9. The number of benzene rings is 2. The first-order valence-electron chi connectivity index (χ1n) is 6.10. The van der Waals surface area contributed by atoms with Crippen LogP contribution in [0.4, 0.5) is 4.39 Å². The van der Waals surface area contributed by atoms with Gasteiger partial charge in [-0.2, -0.15) is 0 Å². The highest BCUT2D eigenvalue weighted by molar-refractivity contribution is 9.10. The van der Waals surface area contributed by atoms with Crippen LogP contribution in [0.15, 0.2) is 46.9 Å². The molecule has 106 valence electrons. The molecule has 2 N–H and O–H groups in total. The Morgan fingerprint density at radius 1 is 1.20 bits per heavy atom. The van der Waals surface area contributed by atoms with Gasteiger partial charge < -0.3 is 10.5 Å². The summed E-state index contributed by atoms with van der Waals surface area (Å²) in [6.45, 7) is 1.85. The first-order chi connectivity index (χ1) is 9.47. The standard InChI is InChI=1S/C15H14BrClFNO/c1-9(19)15(10-2-5-12(18)6-3-10)20-14-7-4-11(17)8-13(14)16/h2-9,15H,19H2,1H3. The molecule has 0 aromatic heterocycles. The van der Waals surface area contributed by atoms with Gasteiger partial charge in [-0.3, -0.25) is 0 Å². The molecule has 0 spiro atoms. The monoisotopic (exact) mass is 357 g/mol. The van der Waals surface area contributed by atoms with Crippen LogP contribution in [0.2, 0.25) is 5.02 Å². The minimum Gasteiger partial charge on any atom is -0.483 e. The van der Waals surface area contributed by atoms with Crippen molar-refractivity contribution in [3.63, 3.8) is 0 Å². The zero-order valence-electron chi connectivity index (χ0n) is 10.8. The van der Waals surface area contributed by atoms with Crippen molar-refractivity contribution in [2.24, 2.45) is 5.73 Å². The van der Waals surface area contributed by atoms with E-state index in [1.165, 1.54) is 12.1 Å². The Balaban J connectivity index is 2.28. The van der Waals surface area contributed by atoms with E-state index in [0.717, 1.165) is 10.0 Å². The molecule has 0 saturated heterocycles. The van der Waals surface area contributed by atoms with E-state index in [1.54, 1.807) is 30.3 Å². The highest BCUT2D eigenvalue weighted by Gasteiger charge is 2.19. The number of ether oxygens (including phenoxy) is 1. The van der Waals surface area contributed by atoms with Gasteiger partial charge in [0, 0.05) is 11.1 Å². The molecule has 0 aliphatic heterocycles. The van der Waals surface area contributed by atoms with Crippen molar-refractivity contribution < 1.29 is 9.13 Å². The summed E-state index contributed by atoms with van der Waals surface area (Å²) in [4.78, 5) is 0. The average molecular weight is 359 g/mol. The van der Waals surface area contributed by atoms with Crippen molar-refractivity contribution in [1.82, 2.24) is 0 Å². The van der Waals surface area contributed by atoms with E-state index in [-0.39, 0.29) is 18.0 Å². The van der Waals surface area contributed by atoms with Gasteiger partial charge in [0.15, 0.2) is 0 Å². The number of hydrogen-bond donors (Lipinski definition) is 1. The molecule has 2 rings (SSSR count). The Kier molecular flexibility index (Phi) is 5.02. The van der Waals surface area contributed by atoms with E-state index < -0.39 is 0 Å². The van der Waals surface area contributed by atoms with Crippen molar-refractivity contribution in [2.75, 3.05) is 0 Å². The lowest BCUT2D eigenvalue weighted by molar-refractivity contribution is 0.179. The van der Waals surface area contributed by atoms with Crippen molar-refractivity contribution in [2.45, 2.75) is 19.1 Å². The maximum atomic E-state index is 13.0. The summed E-state index contributed by atoms with van der Waals surface area (Å²) in [5.74, 6) is 0.353. The molecule has 2 unspecified atom stereocenters. The van der Waals surface area contributed by atoms with Gasteiger partial charge in [-0.15, -0.1) is 0 Å². The Morgan fingerprint density at radius 2 is 1.85 bits per heavy atom. The average Bonchev–Trinajstić information content (AvgIpc) is 2.39. The van der Waals surface area contributed by atoms with Crippen molar-refractivity contribution >= 4 is 27.5 Å². The van der Waals surface area contributed by atoms with Crippen molar-refractivity contribution in [3.05, 3.63) is 63.3 Å². The Bertz CT molecular complexity index is 589. The van der Waals surface area contributed by atoms with Crippen LogP contribution in [-0.2, 0) is 0 Å². The summed E-state index contributed by atoms with van der Waals surface area (Å²) in [6, 6.07) is 11.1. The van der Waals surface area contributed by atoms with Crippen LogP contribution in [0.1, 0.15) is 18.6 Å². The van der Waals surface area contributed by atoms with Gasteiger partial charge in [0.2, 0.25) is 0 Å². The van der Waals surface area contributed by atoms with E-state index >= 15 is 0 Å². The molecule has 0 fully saturated rings. The van der Waals surface area contributed by atoms with Crippen LogP contribution < -0.4 is 10.5 Å².